The number of imidazole rings is 1. The maximum absolute atomic E-state index is 4.69. The van der Waals surface area contributed by atoms with Gasteiger partial charge in [0.15, 0.2) is 0 Å². The van der Waals surface area contributed by atoms with Gasteiger partial charge in [-0.15, -0.1) is 0 Å². The van der Waals surface area contributed by atoms with E-state index in [1.807, 2.05) is 6.07 Å². The number of nitrogens with one attached hydrogen (secondary N) is 1. The summed E-state index contributed by atoms with van der Waals surface area (Å²) in [6.07, 6.45) is 0. The van der Waals surface area contributed by atoms with E-state index in [0.29, 0.717) is 0 Å². The zero-order valence-electron chi connectivity index (χ0n) is 12.6. The van der Waals surface area contributed by atoms with Crippen molar-refractivity contribution in [3.05, 3.63) is 24.3 Å². The second-order valence-electron chi connectivity index (χ2n) is 6.06. The van der Waals surface area contributed by atoms with E-state index in [1.54, 1.807) is 0 Å². The third kappa shape index (κ3) is 3.26. The Morgan fingerprint density at radius 1 is 1.26 bits per heavy atom. The second-order valence-corrected chi connectivity index (χ2v) is 6.06. The van der Waals surface area contributed by atoms with Gasteiger partial charge in [0.2, 0.25) is 5.95 Å². The Kier molecular flexibility index (Phi) is 3.80. The first-order valence-electron chi connectivity index (χ1n) is 6.76. The molecule has 19 heavy (non-hydrogen) atoms. The molecule has 0 spiro atoms. The van der Waals surface area contributed by atoms with E-state index >= 15 is 0 Å². The van der Waals surface area contributed by atoms with Gasteiger partial charge in [0.25, 0.3) is 0 Å². The average molecular weight is 260 g/mol. The van der Waals surface area contributed by atoms with E-state index < -0.39 is 0 Å². The first-order chi connectivity index (χ1) is 8.88. The molecule has 0 fully saturated rings. The van der Waals surface area contributed by atoms with Gasteiger partial charge >= 0.3 is 0 Å². The van der Waals surface area contributed by atoms with E-state index in [4.69, 9.17) is 0 Å². The van der Waals surface area contributed by atoms with Gasteiger partial charge in [-0.05, 0) is 32.9 Å². The molecule has 1 N–H and O–H groups in total. The third-order valence-corrected chi connectivity index (χ3v) is 3.21. The molecule has 4 nitrogen and oxygen atoms in total. The number of likely N-dealkylation sites (N-methyl/N-ethyl adjacent to an activating group) is 1. The van der Waals surface area contributed by atoms with Crippen LogP contribution in [0.5, 0.6) is 0 Å². The summed E-state index contributed by atoms with van der Waals surface area (Å²) in [4.78, 5) is 6.88. The monoisotopic (exact) mass is 260 g/mol. The number of nitrogens with zero attached hydrogens (tertiary/aromatic N) is 3. The first-order valence-corrected chi connectivity index (χ1v) is 6.76. The first kappa shape index (κ1) is 13.9. The number of para-hydroxylation sites is 2. The number of fused-ring (bicyclic) bond motifs is 1. The van der Waals surface area contributed by atoms with Crippen molar-refractivity contribution in [2.45, 2.75) is 26.3 Å². The maximum Gasteiger partial charge on any atom is 0.206 e. The second kappa shape index (κ2) is 5.21. The molecule has 0 amide bonds. The maximum atomic E-state index is 4.69. The Bertz CT molecular complexity index is 551. The van der Waals surface area contributed by atoms with Gasteiger partial charge in [0, 0.05) is 32.7 Å². The molecular formula is C15H24N4. The Labute approximate surface area is 115 Å². The summed E-state index contributed by atoms with van der Waals surface area (Å²) in [6, 6.07) is 8.24. The standard InChI is InChI=1S/C15H24N4/c1-15(2,3)16-10-11-18(4)14-17-12-8-6-7-9-13(12)19(14)5/h6-9,16H,10-11H2,1-5H3. The molecule has 0 aliphatic heterocycles. The zero-order valence-corrected chi connectivity index (χ0v) is 12.6. The van der Waals surface area contributed by atoms with Crippen molar-refractivity contribution >= 4 is 17.0 Å². The molecule has 0 radical (unpaired) electrons. The molecule has 0 atom stereocenters. The quantitative estimate of drug-likeness (QED) is 0.916. The lowest BCUT2D eigenvalue weighted by molar-refractivity contribution is 0.430. The molecule has 1 aromatic carbocycles. The van der Waals surface area contributed by atoms with Crippen LogP contribution in [-0.4, -0.2) is 35.2 Å². The average Bonchev–Trinajstić information content (AvgIpc) is 2.66. The molecule has 104 valence electrons. The highest BCUT2D eigenvalue weighted by molar-refractivity contribution is 5.78. The van der Waals surface area contributed by atoms with Gasteiger partial charge in [0.05, 0.1) is 11.0 Å². The fourth-order valence-electron chi connectivity index (χ4n) is 2.17. The minimum atomic E-state index is 0.160. The van der Waals surface area contributed by atoms with Gasteiger partial charge in [0.1, 0.15) is 0 Å². The summed E-state index contributed by atoms with van der Waals surface area (Å²) in [7, 11) is 4.16. The van der Waals surface area contributed by atoms with Crippen molar-refractivity contribution < 1.29 is 0 Å². The van der Waals surface area contributed by atoms with Crippen LogP contribution in [0.4, 0.5) is 5.95 Å². The Hall–Kier alpha value is -1.55. The molecule has 0 bridgehead atoms. The highest BCUT2D eigenvalue weighted by Crippen LogP contribution is 2.19. The summed E-state index contributed by atoms with van der Waals surface area (Å²) in [6.45, 7) is 8.43. The van der Waals surface area contributed by atoms with Crippen molar-refractivity contribution in [2.75, 3.05) is 25.0 Å². The lowest BCUT2D eigenvalue weighted by atomic mass is 10.1. The molecule has 2 aromatic rings. The largest absolute Gasteiger partial charge is 0.344 e. The van der Waals surface area contributed by atoms with Gasteiger partial charge < -0.3 is 14.8 Å². The summed E-state index contributed by atoms with van der Waals surface area (Å²) >= 11 is 0. The van der Waals surface area contributed by atoms with Crippen LogP contribution in [-0.2, 0) is 7.05 Å². The minimum Gasteiger partial charge on any atom is -0.344 e. The molecule has 1 heterocycles. The zero-order chi connectivity index (χ0) is 14.0. The van der Waals surface area contributed by atoms with Crippen LogP contribution in [0.25, 0.3) is 11.0 Å². The van der Waals surface area contributed by atoms with Crippen LogP contribution in [0.2, 0.25) is 0 Å². The summed E-state index contributed by atoms with van der Waals surface area (Å²) in [5, 5.41) is 3.50. The molecule has 2 rings (SSSR count). The van der Waals surface area contributed by atoms with Gasteiger partial charge in [-0.2, -0.15) is 0 Å². The van der Waals surface area contributed by atoms with E-state index in [0.717, 1.165) is 24.6 Å². The number of anilines is 1. The van der Waals surface area contributed by atoms with Crippen LogP contribution in [0.15, 0.2) is 24.3 Å². The number of rotatable bonds is 4. The molecular weight excluding hydrogens is 236 g/mol. The topological polar surface area (TPSA) is 33.1 Å². The molecule has 4 heteroatoms. The fourth-order valence-corrected chi connectivity index (χ4v) is 2.17. The van der Waals surface area contributed by atoms with Crippen LogP contribution in [0.1, 0.15) is 20.8 Å². The van der Waals surface area contributed by atoms with Crippen molar-refractivity contribution in [3.8, 4) is 0 Å². The minimum absolute atomic E-state index is 0.160. The van der Waals surface area contributed by atoms with Crippen molar-refractivity contribution in [2.24, 2.45) is 7.05 Å². The number of hydrogen-bond donors (Lipinski definition) is 1. The SMILES string of the molecule is CN(CCNC(C)(C)C)c1nc2ccccc2n1C. The smallest absolute Gasteiger partial charge is 0.206 e. The van der Waals surface area contributed by atoms with E-state index in [2.05, 4.69) is 72.8 Å². The van der Waals surface area contributed by atoms with Crippen molar-refractivity contribution in [1.29, 1.82) is 0 Å². The lowest BCUT2D eigenvalue weighted by Crippen LogP contribution is -2.41. The molecule has 0 saturated carbocycles. The van der Waals surface area contributed by atoms with Crippen LogP contribution in [0, 0.1) is 0 Å². The number of aromatic nitrogens is 2. The molecule has 0 unspecified atom stereocenters. The molecule has 0 saturated heterocycles. The Balaban J connectivity index is 2.09. The summed E-state index contributed by atoms with van der Waals surface area (Å²) in [5.41, 5.74) is 2.39. The number of hydrogen-bond acceptors (Lipinski definition) is 3. The Morgan fingerprint density at radius 2 is 1.95 bits per heavy atom. The fraction of sp³-hybridized carbons (Fsp3) is 0.533. The van der Waals surface area contributed by atoms with Gasteiger partial charge in [-0.3, -0.25) is 0 Å². The number of aryl methyl sites for hydroxylation is 1. The van der Waals surface area contributed by atoms with E-state index in [9.17, 15) is 0 Å². The van der Waals surface area contributed by atoms with Gasteiger partial charge in [-0.25, -0.2) is 4.98 Å². The van der Waals surface area contributed by atoms with E-state index in [-0.39, 0.29) is 5.54 Å². The van der Waals surface area contributed by atoms with Crippen LogP contribution < -0.4 is 10.2 Å². The highest BCUT2D eigenvalue weighted by Gasteiger charge is 2.12. The normalized spacial score (nSPS) is 12.1. The van der Waals surface area contributed by atoms with Crippen molar-refractivity contribution in [3.63, 3.8) is 0 Å². The lowest BCUT2D eigenvalue weighted by Gasteiger charge is -2.24. The van der Waals surface area contributed by atoms with Gasteiger partial charge in [-0.1, -0.05) is 12.1 Å². The molecule has 0 aliphatic carbocycles. The third-order valence-electron chi connectivity index (χ3n) is 3.21. The predicted octanol–water partition coefficient (Wildman–Crippen LogP) is 2.40. The predicted molar refractivity (Wildman–Crippen MR) is 81.7 cm³/mol. The number of benzene rings is 1. The summed E-state index contributed by atoms with van der Waals surface area (Å²) < 4.78 is 2.15. The summed E-state index contributed by atoms with van der Waals surface area (Å²) in [5.74, 6) is 1.01. The Morgan fingerprint density at radius 3 is 2.58 bits per heavy atom. The molecule has 0 aliphatic rings. The van der Waals surface area contributed by atoms with Crippen molar-refractivity contribution in [1.82, 2.24) is 14.9 Å². The molecule has 1 aromatic heterocycles. The highest BCUT2D eigenvalue weighted by atomic mass is 15.3. The van der Waals surface area contributed by atoms with Crippen LogP contribution in [0.3, 0.4) is 0 Å². The van der Waals surface area contributed by atoms with Crippen LogP contribution >= 0.6 is 0 Å². The van der Waals surface area contributed by atoms with E-state index in [1.165, 1.54) is 5.52 Å².